The van der Waals surface area contributed by atoms with E-state index < -0.39 is 0 Å². The van der Waals surface area contributed by atoms with Gasteiger partial charge in [-0.2, -0.15) is 0 Å². The summed E-state index contributed by atoms with van der Waals surface area (Å²) in [6.45, 7) is 5.58. The molecule has 1 aliphatic carbocycles. The van der Waals surface area contributed by atoms with Crippen molar-refractivity contribution in [3.8, 4) is 0 Å². The number of nitrogens with two attached hydrogens (primary N) is 1. The Morgan fingerprint density at radius 2 is 2.17 bits per heavy atom. The van der Waals surface area contributed by atoms with Crippen LogP contribution in [0.3, 0.4) is 0 Å². The zero-order valence-electron chi connectivity index (χ0n) is 8.42. The van der Waals surface area contributed by atoms with Crippen LogP contribution in [0.2, 0.25) is 0 Å². The molecule has 0 aromatic heterocycles. The topological polar surface area (TPSA) is 29.3 Å². The second-order valence-electron chi connectivity index (χ2n) is 4.34. The van der Waals surface area contributed by atoms with Crippen molar-refractivity contribution >= 4 is 0 Å². The molecule has 0 aromatic carbocycles. The van der Waals surface area contributed by atoms with E-state index in [2.05, 4.69) is 18.9 Å². The Labute approximate surface area is 76.1 Å². The van der Waals surface area contributed by atoms with Crippen molar-refractivity contribution < 1.29 is 0 Å². The van der Waals surface area contributed by atoms with E-state index in [9.17, 15) is 0 Å². The quantitative estimate of drug-likeness (QED) is 0.651. The predicted octanol–water partition coefficient (Wildman–Crippen LogP) is 1.31. The fourth-order valence-corrected chi connectivity index (χ4v) is 1.39. The van der Waals surface area contributed by atoms with Crippen LogP contribution in [0.5, 0.6) is 0 Å². The lowest BCUT2D eigenvalue weighted by Crippen LogP contribution is -2.25. The maximum atomic E-state index is 5.55. The molecular weight excluding hydrogens is 148 g/mol. The van der Waals surface area contributed by atoms with Crippen molar-refractivity contribution in [3.63, 3.8) is 0 Å². The first-order chi connectivity index (χ1) is 5.72. The van der Waals surface area contributed by atoms with Crippen LogP contribution in [-0.4, -0.2) is 31.6 Å². The molecule has 72 valence electrons. The molecule has 2 heteroatoms. The fraction of sp³-hybridized carbons (Fsp3) is 1.00. The average Bonchev–Trinajstić information content (AvgIpc) is 2.84. The van der Waals surface area contributed by atoms with Crippen molar-refractivity contribution in [2.24, 2.45) is 17.6 Å². The van der Waals surface area contributed by atoms with Gasteiger partial charge in [-0.1, -0.05) is 6.92 Å². The van der Waals surface area contributed by atoms with Crippen LogP contribution in [0, 0.1) is 11.8 Å². The lowest BCUT2D eigenvalue weighted by molar-refractivity contribution is 0.296. The highest BCUT2D eigenvalue weighted by atomic mass is 15.1. The molecule has 0 spiro atoms. The highest BCUT2D eigenvalue weighted by molar-refractivity contribution is 4.76. The summed E-state index contributed by atoms with van der Waals surface area (Å²) in [5.41, 5.74) is 5.55. The summed E-state index contributed by atoms with van der Waals surface area (Å²) in [4.78, 5) is 2.45. The minimum Gasteiger partial charge on any atom is -0.330 e. The highest BCUT2D eigenvalue weighted by Gasteiger charge is 2.22. The SMILES string of the molecule is CC(CN)CCN(C)CC1CC1. The van der Waals surface area contributed by atoms with Crippen molar-refractivity contribution in [3.05, 3.63) is 0 Å². The van der Waals surface area contributed by atoms with E-state index in [1.165, 1.54) is 32.4 Å². The number of nitrogens with zero attached hydrogens (tertiary/aromatic N) is 1. The van der Waals surface area contributed by atoms with Crippen molar-refractivity contribution in [1.82, 2.24) is 4.90 Å². The monoisotopic (exact) mass is 170 g/mol. The molecule has 12 heavy (non-hydrogen) atoms. The minimum atomic E-state index is 0.687. The summed E-state index contributed by atoms with van der Waals surface area (Å²) in [7, 11) is 2.22. The van der Waals surface area contributed by atoms with Crippen LogP contribution in [0.4, 0.5) is 0 Å². The van der Waals surface area contributed by atoms with E-state index in [1.54, 1.807) is 0 Å². The molecule has 0 aliphatic heterocycles. The van der Waals surface area contributed by atoms with E-state index in [4.69, 9.17) is 5.73 Å². The molecule has 1 unspecified atom stereocenters. The van der Waals surface area contributed by atoms with E-state index in [1.807, 2.05) is 0 Å². The predicted molar refractivity (Wildman–Crippen MR) is 53.1 cm³/mol. The van der Waals surface area contributed by atoms with Gasteiger partial charge >= 0.3 is 0 Å². The van der Waals surface area contributed by atoms with Crippen molar-refractivity contribution in [2.75, 3.05) is 26.7 Å². The smallest absolute Gasteiger partial charge is 0.000661 e. The molecule has 0 radical (unpaired) electrons. The molecule has 1 aliphatic rings. The third kappa shape index (κ3) is 4.07. The Morgan fingerprint density at radius 3 is 2.67 bits per heavy atom. The Bertz CT molecular complexity index is 121. The van der Waals surface area contributed by atoms with Crippen LogP contribution in [0.25, 0.3) is 0 Å². The minimum absolute atomic E-state index is 0.687. The van der Waals surface area contributed by atoms with Gasteiger partial charge in [-0.3, -0.25) is 0 Å². The molecule has 0 bridgehead atoms. The van der Waals surface area contributed by atoms with E-state index in [0.29, 0.717) is 5.92 Å². The molecule has 1 rings (SSSR count). The van der Waals surface area contributed by atoms with Crippen molar-refractivity contribution in [1.29, 1.82) is 0 Å². The summed E-state index contributed by atoms with van der Waals surface area (Å²) in [5, 5.41) is 0. The highest BCUT2D eigenvalue weighted by Crippen LogP contribution is 2.29. The average molecular weight is 170 g/mol. The molecule has 0 saturated heterocycles. The van der Waals surface area contributed by atoms with E-state index in [0.717, 1.165) is 12.5 Å². The van der Waals surface area contributed by atoms with Crippen molar-refractivity contribution in [2.45, 2.75) is 26.2 Å². The summed E-state index contributed by atoms with van der Waals surface area (Å²) >= 11 is 0. The summed E-state index contributed by atoms with van der Waals surface area (Å²) in [6.07, 6.45) is 4.16. The molecule has 2 nitrogen and oxygen atoms in total. The van der Waals surface area contributed by atoms with Gasteiger partial charge in [-0.15, -0.1) is 0 Å². The van der Waals surface area contributed by atoms with E-state index >= 15 is 0 Å². The Hall–Kier alpha value is -0.0800. The lowest BCUT2D eigenvalue weighted by atomic mass is 10.1. The first-order valence-corrected chi connectivity index (χ1v) is 5.11. The Morgan fingerprint density at radius 1 is 1.50 bits per heavy atom. The van der Waals surface area contributed by atoms with Gasteiger partial charge in [0.25, 0.3) is 0 Å². The Balaban J connectivity index is 1.96. The van der Waals surface area contributed by atoms with Gasteiger partial charge in [0.2, 0.25) is 0 Å². The second kappa shape index (κ2) is 4.83. The molecule has 0 aromatic rings. The van der Waals surface area contributed by atoms with Gasteiger partial charge in [-0.25, -0.2) is 0 Å². The standard InChI is InChI=1S/C10H22N2/c1-9(7-11)5-6-12(2)8-10-3-4-10/h9-10H,3-8,11H2,1-2H3. The third-order valence-electron chi connectivity index (χ3n) is 2.67. The first kappa shape index (κ1) is 10.0. The zero-order chi connectivity index (χ0) is 8.97. The molecule has 1 atom stereocenters. The number of rotatable bonds is 6. The van der Waals surface area contributed by atoms with Crippen LogP contribution in [-0.2, 0) is 0 Å². The number of hydrogen-bond acceptors (Lipinski definition) is 2. The van der Waals surface area contributed by atoms with Crippen LogP contribution >= 0.6 is 0 Å². The third-order valence-corrected chi connectivity index (χ3v) is 2.67. The maximum absolute atomic E-state index is 5.55. The van der Waals surface area contributed by atoms with Gasteiger partial charge in [0.05, 0.1) is 0 Å². The van der Waals surface area contributed by atoms with Gasteiger partial charge in [-0.05, 0) is 51.2 Å². The molecule has 1 fully saturated rings. The summed E-state index contributed by atoms with van der Waals surface area (Å²) in [6, 6.07) is 0. The lowest BCUT2D eigenvalue weighted by Gasteiger charge is -2.18. The number of hydrogen-bond donors (Lipinski definition) is 1. The molecule has 0 amide bonds. The first-order valence-electron chi connectivity index (χ1n) is 5.11. The molecule has 1 saturated carbocycles. The summed E-state index contributed by atoms with van der Waals surface area (Å²) < 4.78 is 0. The second-order valence-corrected chi connectivity index (χ2v) is 4.34. The van der Waals surface area contributed by atoms with Crippen LogP contribution < -0.4 is 5.73 Å². The summed E-state index contributed by atoms with van der Waals surface area (Å²) in [5.74, 6) is 1.70. The largest absolute Gasteiger partial charge is 0.330 e. The van der Waals surface area contributed by atoms with Gasteiger partial charge in [0.15, 0.2) is 0 Å². The maximum Gasteiger partial charge on any atom is 0.000661 e. The molecule has 0 heterocycles. The van der Waals surface area contributed by atoms with Crippen LogP contribution in [0.15, 0.2) is 0 Å². The van der Waals surface area contributed by atoms with Gasteiger partial charge < -0.3 is 10.6 Å². The normalized spacial score (nSPS) is 20.0. The molecule has 2 N–H and O–H groups in total. The molecular formula is C10H22N2. The zero-order valence-corrected chi connectivity index (χ0v) is 8.42. The van der Waals surface area contributed by atoms with E-state index in [-0.39, 0.29) is 0 Å². The van der Waals surface area contributed by atoms with Gasteiger partial charge in [0, 0.05) is 6.54 Å². The fourth-order valence-electron chi connectivity index (χ4n) is 1.39. The van der Waals surface area contributed by atoms with Gasteiger partial charge in [0.1, 0.15) is 0 Å². The van der Waals surface area contributed by atoms with Crippen LogP contribution in [0.1, 0.15) is 26.2 Å². The Kier molecular flexibility index (Phi) is 4.02.